The predicted octanol–water partition coefficient (Wildman–Crippen LogP) is 2.79. The van der Waals surface area contributed by atoms with E-state index >= 15 is 0 Å². The van der Waals surface area contributed by atoms with E-state index in [2.05, 4.69) is 0 Å². The second-order valence-corrected chi connectivity index (χ2v) is 4.65. The number of ketones is 1. The quantitative estimate of drug-likeness (QED) is 0.810. The molecule has 1 rings (SSSR count). The summed E-state index contributed by atoms with van der Waals surface area (Å²) >= 11 is 5.68. The lowest BCUT2D eigenvalue weighted by atomic mass is 9.95. The topological polar surface area (TPSA) is 43.1 Å². The van der Waals surface area contributed by atoms with Gasteiger partial charge in [0.1, 0.15) is 5.82 Å². The molecule has 0 aliphatic carbocycles. The van der Waals surface area contributed by atoms with E-state index in [-0.39, 0.29) is 17.8 Å². The van der Waals surface area contributed by atoms with Gasteiger partial charge in [0.25, 0.3) is 0 Å². The number of hydrogen-bond acceptors (Lipinski definition) is 2. The molecule has 0 saturated heterocycles. The minimum atomic E-state index is -0.647. The highest BCUT2D eigenvalue weighted by Crippen LogP contribution is 2.18. The van der Waals surface area contributed by atoms with E-state index in [0.29, 0.717) is 5.02 Å². The summed E-state index contributed by atoms with van der Waals surface area (Å²) in [5.41, 5.74) is 5.04. The van der Waals surface area contributed by atoms with Gasteiger partial charge in [0.05, 0.1) is 5.56 Å². The zero-order chi connectivity index (χ0) is 11.6. The third-order valence-electron chi connectivity index (χ3n) is 1.84. The SMILES string of the molecule is CC(C)(N)CC(=O)c1cc(Cl)ccc1F. The summed E-state index contributed by atoms with van der Waals surface area (Å²) in [6, 6.07) is 3.91. The Morgan fingerprint density at radius 1 is 1.53 bits per heavy atom. The third-order valence-corrected chi connectivity index (χ3v) is 2.08. The Hall–Kier alpha value is -0.930. The summed E-state index contributed by atoms with van der Waals surface area (Å²) in [5, 5.41) is 0.342. The van der Waals surface area contributed by atoms with Gasteiger partial charge in [0.15, 0.2) is 5.78 Å². The van der Waals surface area contributed by atoms with Gasteiger partial charge in [-0.3, -0.25) is 4.79 Å². The molecule has 0 spiro atoms. The Labute approximate surface area is 93.2 Å². The number of benzene rings is 1. The molecule has 15 heavy (non-hydrogen) atoms. The first-order valence-electron chi connectivity index (χ1n) is 4.57. The summed E-state index contributed by atoms with van der Waals surface area (Å²) in [5.74, 6) is -0.892. The molecule has 4 heteroatoms. The van der Waals surface area contributed by atoms with Crippen molar-refractivity contribution >= 4 is 17.4 Å². The van der Waals surface area contributed by atoms with Gasteiger partial charge >= 0.3 is 0 Å². The molecule has 82 valence electrons. The fraction of sp³-hybridized carbons (Fsp3) is 0.364. The van der Waals surface area contributed by atoms with Crippen molar-refractivity contribution in [2.75, 3.05) is 0 Å². The molecule has 0 saturated carbocycles. The predicted molar refractivity (Wildman–Crippen MR) is 58.6 cm³/mol. The van der Waals surface area contributed by atoms with E-state index in [1.54, 1.807) is 13.8 Å². The van der Waals surface area contributed by atoms with Gasteiger partial charge in [-0.05, 0) is 32.0 Å². The van der Waals surface area contributed by atoms with Crippen molar-refractivity contribution in [3.8, 4) is 0 Å². The highest BCUT2D eigenvalue weighted by atomic mass is 35.5. The zero-order valence-corrected chi connectivity index (χ0v) is 9.44. The lowest BCUT2D eigenvalue weighted by molar-refractivity contribution is 0.0956. The molecule has 1 aromatic rings. The van der Waals surface area contributed by atoms with Crippen molar-refractivity contribution < 1.29 is 9.18 Å². The fourth-order valence-electron chi connectivity index (χ4n) is 1.22. The van der Waals surface area contributed by atoms with Crippen LogP contribution in [0.2, 0.25) is 5.02 Å². The van der Waals surface area contributed by atoms with Gasteiger partial charge in [-0.15, -0.1) is 0 Å². The van der Waals surface area contributed by atoms with E-state index in [0.717, 1.165) is 0 Å². The number of carbonyl (C=O) groups excluding carboxylic acids is 1. The first-order valence-corrected chi connectivity index (χ1v) is 4.94. The molecule has 1 aromatic carbocycles. The molecule has 0 aliphatic rings. The maximum Gasteiger partial charge on any atom is 0.167 e. The minimum absolute atomic E-state index is 0.000949. The maximum atomic E-state index is 13.3. The summed E-state index contributed by atoms with van der Waals surface area (Å²) in [7, 11) is 0. The largest absolute Gasteiger partial charge is 0.325 e. The van der Waals surface area contributed by atoms with Crippen LogP contribution >= 0.6 is 11.6 Å². The van der Waals surface area contributed by atoms with Crippen molar-refractivity contribution in [1.82, 2.24) is 0 Å². The molecule has 0 atom stereocenters. The van der Waals surface area contributed by atoms with Gasteiger partial charge in [-0.25, -0.2) is 4.39 Å². The summed E-state index contributed by atoms with van der Waals surface area (Å²) in [6.07, 6.45) is 0.0876. The zero-order valence-electron chi connectivity index (χ0n) is 8.68. The average molecular weight is 230 g/mol. The third kappa shape index (κ3) is 3.61. The van der Waals surface area contributed by atoms with Crippen LogP contribution in [0.4, 0.5) is 4.39 Å². The first kappa shape index (κ1) is 12.1. The molecule has 2 N–H and O–H groups in total. The average Bonchev–Trinajstić information content (AvgIpc) is 2.06. The maximum absolute atomic E-state index is 13.3. The monoisotopic (exact) mass is 229 g/mol. The molecule has 0 aromatic heterocycles. The van der Waals surface area contributed by atoms with E-state index in [4.69, 9.17) is 17.3 Å². The number of Topliss-reactive ketones (excluding diaryl/α,β-unsaturated/α-hetero) is 1. The Kier molecular flexibility index (Phi) is 3.47. The molecular weight excluding hydrogens is 217 g/mol. The Morgan fingerprint density at radius 3 is 2.67 bits per heavy atom. The second kappa shape index (κ2) is 4.29. The van der Waals surface area contributed by atoms with Crippen LogP contribution in [-0.4, -0.2) is 11.3 Å². The molecule has 0 radical (unpaired) electrons. The molecule has 0 fully saturated rings. The van der Waals surface area contributed by atoms with Crippen LogP contribution in [0.3, 0.4) is 0 Å². The van der Waals surface area contributed by atoms with E-state index < -0.39 is 11.4 Å². The van der Waals surface area contributed by atoms with Crippen molar-refractivity contribution in [2.24, 2.45) is 5.73 Å². The molecule has 0 unspecified atom stereocenters. The van der Waals surface area contributed by atoms with Crippen LogP contribution < -0.4 is 5.73 Å². The lowest BCUT2D eigenvalue weighted by Gasteiger charge is -2.17. The number of halogens is 2. The van der Waals surface area contributed by atoms with E-state index in [1.165, 1.54) is 18.2 Å². The molecule has 0 heterocycles. The van der Waals surface area contributed by atoms with Gasteiger partial charge in [-0.1, -0.05) is 11.6 Å². The lowest BCUT2D eigenvalue weighted by Crippen LogP contribution is -2.34. The number of nitrogens with two attached hydrogens (primary N) is 1. The summed E-state index contributed by atoms with van der Waals surface area (Å²) in [6.45, 7) is 3.43. The van der Waals surface area contributed by atoms with Crippen molar-refractivity contribution in [1.29, 1.82) is 0 Å². The molecule has 2 nitrogen and oxygen atoms in total. The highest BCUT2D eigenvalue weighted by Gasteiger charge is 2.20. The molecule has 0 amide bonds. The van der Waals surface area contributed by atoms with Crippen LogP contribution in [-0.2, 0) is 0 Å². The highest BCUT2D eigenvalue weighted by molar-refractivity contribution is 6.31. The first-order chi connectivity index (χ1) is 6.79. The van der Waals surface area contributed by atoms with Gasteiger partial charge < -0.3 is 5.73 Å². The Balaban J connectivity index is 2.96. The van der Waals surface area contributed by atoms with Crippen molar-refractivity contribution in [3.63, 3.8) is 0 Å². The fourth-order valence-corrected chi connectivity index (χ4v) is 1.39. The Bertz CT molecular complexity index is 385. The summed E-state index contributed by atoms with van der Waals surface area (Å²) < 4.78 is 13.3. The van der Waals surface area contributed by atoms with Crippen LogP contribution in [0.5, 0.6) is 0 Å². The standard InChI is InChI=1S/C11H13ClFNO/c1-11(2,14)6-10(15)8-5-7(12)3-4-9(8)13/h3-5H,6,14H2,1-2H3. The van der Waals surface area contributed by atoms with E-state index in [9.17, 15) is 9.18 Å². The van der Waals surface area contributed by atoms with Crippen molar-refractivity contribution in [2.45, 2.75) is 25.8 Å². The van der Waals surface area contributed by atoms with Crippen molar-refractivity contribution in [3.05, 3.63) is 34.6 Å². The summed E-state index contributed by atoms with van der Waals surface area (Å²) in [4.78, 5) is 11.7. The van der Waals surface area contributed by atoms with Crippen LogP contribution in [0, 0.1) is 5.82 Å². The smallest absolute Gasteiger partial charge is 0.167 e. The van der Waals surface area contributed by atoms with E-state index in [1.807, 2.05) is 0 Å². The number of rotatable bonds is 3. The van der Waals surface area contributed by atoms with Gasteiger partial charge in [-0.2, -0.15) is 0 Å². The minimum Gasteiger partial charge on any atom is -0.325 e. The second-order valence-electron chi connectivity index (χ2n) is 4.21. The normalized spacial score (nSPS) is 11.5. The van der Waals surface area contributed by atoms with Crippen LogP contribution in [0.1, 0.15) is 30.6 Å². The number of hydrogen-bond donors (Lipinski definition) is 1. The molecule has 0 bridgehead atoms. The van der Waals surface area contributed by atoms with Crippen LogP contribution in [0.15, 0.2) is 18.2 Å². The number of carbonyl (C=O) groups is 1. The van der Waals surface area contributed by atoms with Crippen LogP contribution in [0.25, 0.3) is 0 Å². The van der Waals surface area contributed by atoms with Gasteiger partial charge in [0, 0.05) is 17.0 Å². The molecular formula is C11H13ClFNO. The molecule has 0 aliphatic heterocycles. The van der Waals surface area contributed by atoms with Gasteiger partial charge in [0.2, 0.25) is 0 Å². The Morgan fingerprint density at radius 2 is 2.13 bits per heavy atom.